The van der Waals surface area contributed by atoms with Gasteiger partial charge in [0.2, 0.25) is 53.2 Å². The Labute approximate surface area is 631 Å². The van der Waals surface area contributed by atoms with Crippen molar-refractivity contribution in [3.8, 4) is 0 Å². The fraction of sp³-hybridized carbons (Fsp3) is 0.836. The average molecular weight is 1530 g/mol. The summed E-state index contributed by atoms with van der Waals surface area (Å²) in [5.41, 5.74) is 5.73. The summed E-state index contributed by atoms with van der Waals surface area (Å²) in [6.45, 7) is 21.4. The fourth-order valence-electron chi connectivity index (χ4n) is 13.0. The largest absolute Gasteiger partial charge is 0.460 e. The number of carbonyl (C=O) groups excluding carboxylic acids is 12. The second-order valence-corrected chi connectivity index (χ2v) is 27.7. The molecule has 0 aromatic rings. The smallest absolute Gasteiger partial charge is 0.302 e. The molecule has 0 bridgehead atoms. The van der Waals surface area contributed by atoms with E-state index in [0.717, 1.165) is 0 Å². The highest BCUT2D eigenvalue weighted by Crippen LogP contribution is 2.34. The van der Waals surface area contributed by atoms with Crippen LogP contribution >= 0.6 is 0 Å². The fourth-order valence-corrected chi connectivity index (χ4v) is 13.0. The molecule has 0 aromatic heterocycles. The van der Waals surface area contributed by atoms with Gasteiger partial charge in [0.15, 0.2) is 18.9 Å². The van der Waals surface area contributed by atoms with E-state index in [9.17, 15) is 57.5 Å². The number of unbranched alkanes of at least 4 members (excludes halogenated alkanes) is 6. The lowest BCUT2D eigenvalue weighted by molar-refractivity contribution is -0.253. The van der Waals surface area contributed by atoms with E-state index in [1.54, 1.807) is 0 Å². The molecule has 0 saturated carbocycles. The third kappa shape index (κ3) is 38.9. The SMILES string of the molecule is CC[C@H]1O[C@@H](OCCCCCNC(=O)COCCNC(=O)CCC(N)(CCC(=O)NCCOCC(=O)NCCCCCO[C@@H]2O[C@H](CC)[C@H](C)[C@H](OC(C)=O)[C@@H]2NC(C)=O)CCC(=O)NCCOCC(=O)NCCCCCO[C@@H]2O[C@H](CC)[C@H](C)[C@H](OC(C)=O)[C@@H]2NC(C)=O)[C@@H](NC(C)=O)[C@@H](OC(C)=O)[C@H]1C. The van der Waals surface area contributed by atoms with Gasteiger partial charge in [0.25, 0.3) is 0 Å². The summed E-state index contributed by atoms with van der Waals surface area (Å²) in [6.07, 6.45) is 3.06. The minimum atomic E-state index is -1.15. The van der Waals surface area contributed by atoms with Crippen molar-refractivity contribution >= 4 is 71.1 Å². The van der Waals surface area contributed by atoms with Crippen molar-refractivity contribution in [2.24, 2.45) is 23.5 Å². The molecule has 11 N–H and O–H groups in total. The minimum absolute atomic E-state index is 0.0365. The summed E-state index contributed by atoms with van der Waals surface area (Å²) < 4.78 is 70.0. The standard InChI is InChI=1S/C73H128N10O24/c1-13-55-46(4)67(102-52(10)87)64(81-49(7)84)70(105-55)99-37-22-16-19-31-75-61(93)43-96-40-34-78-58(90)25-28-73(74,29-26-59(91)79-35-41-97-44-62(94)76-32-20-17-23-38-100-71-65(82-50(8)85)68(103-53(11)88)47(5)56(14-2)106-71)30-27-60(92)80-36-42-98-45-63(95)77-33-21-18-24-39-101-72-66(83-51(9)86)69(104-54(12)89)48(6)57(15-3)107-72/h46-48,55-57,64-72H,13-45,74H2,1-12H3,(H,75,93)(H,76,94)(H,77,95)(H,78,90)(H,79,91)(H,80,92)(H,81,84)(H,82,85)(H,83,86)/t46-,47-,48-,55+,56+,57+,64-,65-,66-,67-,68-,69-,70+,71+,72+/m0/s1. The van der Waals surface area contributed by atoms with Crippen LogP contribution in [-0.2, 0) is 114 Å². The third-order valence-corrected chi connectivity index (χ3v) is 18.6. The maximum absolute atomic E-state index is 13.1. The predicted molar refractivity (Wildman–Crippen MR) is 388 cm³/mol. The van der Waals surface area contributed by atoms with Crippen molar-refractivity contribution < 1.29 is 114 Å². The number of hydrogen-bond donors (Lipinski definition) is 10. The molecule has 34 heteroatoms. The third-order valence-electron chi connectivity index (χ3n) is 18.6. The van der Waals surface area contributed by atoms with E-state index in [-0.39, 0.29) is 187 Å². The van der Waals surface area contributed by atoms with E-state index in [4.69, 9.17) is 62.6 Å². The maximum atomic E-state index is 13.1. The van der Waals surface area contributed by atoms with Crippen molar-refractivity contribution in [3.05, 3.63) is 0 Å². The van der Waals surface area contributed by atoms with E-state index in [2.05, 4.69) is 47.9 Å². The van der Waals surface area contributed by atoms with Gasteiger partial charge in [0.05, 0.1) is 38.1 Å². The number of nitrogens with two attached hydrogens (primary N) is 1. The van der Waals surface area contributed by atoms with Gasteiger partial charge in [0.1, 0.15) is 56.3 Å². The molecule has 3 heterocycles. The van der Waals surface area contributed by atoms with Gasteiger partial charge in [-0.15, -0.1) is 0 Å². The molecule has 0 spiro atoms. The highest BCUT2D eigenvalue weighted by molar-refractivity contribution is 5.79. The van der Waals surface area contributed by atoms with Crippen LogP contribution in [0.2, 0.25) is 0 Å². The lowest BCUT2D eigenvalue weighted by atomic mass is 9.84. The topological polar surface area (TPSA) is 450 Å². The number of rotatable bonds is 54. The first-order valence-electron chi connectivity index (χ1n) is 38.3. The van der Waals surface area contributed by atoms with E-state index in [1.807, 2.05) is 41.5 Å². The number of amides is 9. The Morgan fingerprint density at radius 2 is 0.598 bits per heavy atom. The zero-order valence-electron chi connectivity index (χ0n) is 65.4. The molecule has 3 aliphatic heterocycles. The lowest BCUT2D eigenvalue weighted by Gasteiger charge is -2.44. The van der Waals surface area contributed by atoms with Gasteiger partial charge in [-0.3, -0.25) is 57.5 Å². The van der Waals surface area contributed by atoms with Crippen LogP contribution in [0.3, 0.4) is 0 Å². The highest BCUT2D eigenvalue weighted by atomic mass is 16.7. The van der Waals surface area contributed by atoms with Gasteiger partial charge in [-0.1, -0.05) is 41.5 Å². The Morgan fingerprint density at radius 1 is 0.346 bits per heavy atom. The van der Waals surface area contributed by atoms with Gasteiger partial charge in [-0.2, -0.15) is 0 Å². The first-order valence-corrected chi connectivity index (χ1v) is 38.3. The van der Waals surface area contributed by atoms with E-state index < -0.39 is 78.8 Å². The monoisotopic (exact) mass is 1530 g/mol. The van der Waals surface area contributed by atoms with Crippen LogP contribution in [0.25, 0.3) is 0 Å². The second kappa shape index (κ2) is 53.1. The van der Waals surface area contributed by atoms with Gasteiger partial charge < -0.3 is 110 Å². The molecule has 0 aliphatic carbocycles. The Bertz CT molecular complexity index is 2440. The van der Waals surface area contributed by atoms with Crippen LogP contribution in [0.1, 0.15) is 199 Å². The predicted octanol–water partition coefficient (Wildman–Crippen LogP) is 1.95. The lowest BCUT2D eigenvalue weighted by Crippen LogP contribution is -2.62. The molecule has 0 unspecified atom stereocenters. The van der Waals surface area contributed by atoms with E-state index >= 15 is 0 Å². The van der Waals surface area contributed by atoms with Crippen LogP contribution in [0.15, 0.2) is 0 Å². The molecule has 0 aromatic carbocycles. The second-order valence-electron chi connectivity index (χ2n) is 27.7. The molecule has 3 rings (SSSR count). The van der Waals surface area contributed by atoms with Crippen molar-refractivity contribution in [2.75, 3.05) is 98.7 Å². The molecule has 3 saturated heterocycles. The number of carbonyl (C=O) groups is 12. The molecule has 34 nitrogen and oxygen atoms in total. The molecule has 614 valence electrons. The van der Waals surface area contributed by atoms with Gasteiger partial charge in [-0.25, -0.2) is 0 Å². The van der Waals surface area contributed by atoms with Gasteiger partial charge in [0, 0.05) is 143 Å². The normalized spacial score (nSPS) is 24.1. The summed E-state index contributed by atoms with van der Waals surface area (Å²) in [6, 6.07) is -2.05. The molecular weight excluding hydrogens is 1400 g/mol. The molecule has 15 atom stereocenters. The summed E-state index contributed by atoms with van der Waals surface area (Å²) in [7, 11) is 0. The summed E-state index contributed by atoms with van der Waals surface area (Å²) >= 11 is 0. The molecule has 107 heavy (non-hydrogen) atoms. The molecule has 9 amide bonds. The average Bonchev–Trinajstić information content (AvgIpc) is 0.812. The highest BCUT2D eigenvalue weighted by Gasteiger charge is 2.49. The maximum Gasteiger partial charge on any atom is 0.302 e. The molecule has 0 radical (unpaired) electrons. The summed E-state index contributed by atoms with van der Waals surface area (Å²) in [4.78, 5) is 149. The molecule has 3 fully saturated rings. The first-order chi connectivity index (χ1) is 51.0. The summed E-state index contributed by atoms with van der Waals surface area (Å²) in [5, 5.41) is 25.2. The van der Waals surface area contributed by atoms with Crippen LogP contribution in [0.5, 0.6) is 0 Å². The Hall–Kier alpha value is -6.76. The molecule has 3 aliphatic rings. The first kappa shape index (κ1) is 94.4. The minimum Gasteiger partial charge on any atom is -0.460 e. The molecular formula is C73H128N10O24. The van der Waals surface area contributed by atoms with E-state index in [1.165, 1.54) is 41.5 Å². The van der Waals surface area contributed by atoms with Crippen LogP contribution in [0.4, 0.5) is 0 Å². The number of ether oxygens (including phenoxy) is 12. The number of esters is 3. The summed E-state index contributed by atoms with van der Waals surface area (Å²) in [5.74, 6) is -4.95. The van der Waals surface area contributed by atoms with E-state index in [0.29, 0.717) is 117 Å². The van der Waals surface area contributed by atoms with Crippen molar-refractivity contribution in [1.82, 2.24) is 47.9 Å². The van der Waals surface area contributed by atoms with Crippen molar-refractivity contribution in [2.45, 2.75) is 278 Å². The Morgan fingerprint density at radius 3 is 0.832 bits per heavy atom. The van der Waals surface area contributed by atoms with Crippen LogP contribution < -0.4 is 53.6 Å². The Balaban J connectivity index is 1.39. The van der Waals surface area contributed by atoms with Crippen molar-refractivity contribution in [1.29, 1.82) is 0 Å². The zero-order chi connectivity index (χ0) is 79.3. The van der Waals surface area contributed by atoms with Gasteiger partial charge in [-0.05, 0) is 96.3 Å². The van der Waals surface area contributed by atoms with Crippen LogP contribution in [0, 0.1) is 17.8 Å². The quantitative estimate of drug-likeness (QED) is 0.0236. The number of nitrogens with one attached hydrogen (secondary N) is 9. The zero-order valence-corrected chi connectivity index (χ0v) is 65.4. The number of hydrogen-bond acceptors (Lipinski definition) is 25. The van der Waals surface area contributed by atoms with Crippen LogP contribution in [-0.4, -0.2) is 249 Å². The Kier molecular flexibility index (Phi) is 46.9. The van der Waals surface area contributed by atoms with Crippen molar-refractivity contribution in [3.63, 3.8) is 0 Å². The van der Waals surface area contributed by atoms with Gasteiger partial charge >= 0.3 is 17.9 Å².